The zero-order valence-electron chi connectivity index (χ0n) is 14.7. The highest BCUT2D eigenvalue weighted by Crippen LogP contribution is 2.21. The smallest absolute Gasteiger partial charge is 0.331 e. The van der Waals surface area contributed by atoms with Crippen LogP contribution in [0.2, 0.25) is 0 Å². The fourth-order valence-electron chi connectivity index (χ4n) is 2.85. The Balaban J connectivity index is 1.66. The largest absolute Gasteiger partial charge is 0.494 e. The number of hydrogen-bond donors (Lipinski definition) is 1. The van der Waals surface area contributed by atoms with Gasteiger partial charge in [0.25, 0.3) is 0 Å². The lowest BCUT2D eigenvalue weighted by Crippen LogP contribution is -2.14. The van der Waals surface area contributed by atoms with Gasteiger partial charge in [0.05, 0.1) is 30.4 Å². The molecule has 1 aromatic heterocycles. The average Bonchev–Trinajstić information content (AvgIpc) is 3.00. The van der Waals surface area contributed by atoms with Crippen LogP contribution in [-0.4, -0.2) is 29.2 Å². The van der Waals surface area contributed by atoms with Crippen molar-refractivity contribution in [3.63, 3.8) is 0 Å². The summed E-state index contributed by atoms with van der Waals surface area (Å²) in [6, 6.07) is 15.1. The first kappa shape index (κ1) is 17.8. The minimum absolute atomic E-state index is 0.175. The van der Waals surface area contributed by atoms with Crippen molar-refractivity contribution in [1.82, 2.24) is 9.55 Å². The van der Waals surface area contributed by atoms with E-state index in [9.17, 15) is 9.59 Å². The molecule has 3 rings (SSSR count). The van der Waals surface area contributed by atoms with Crippen molar-refractivity contribution in [3.8, 4) is 11.4 Å². The van der Waals surface area contributed by atoms with Gasteiger partial charge in [-0.25, -0.2) is 4.79 Å². The van der Waals surface area contributed by atoms with E-state index >= 15 is 0 Å². The van der Waals surface area contributed by atoms with Gasteiger partial charge in [-0.05, 0) is 43.5 Å². The van der Waals surface area contributed by atoms with Gasteiger partial charge < -0.3 is 14.5 Å². The molecule has 0 unspecified atom stereocenters. The van der Waals surface area contributed by atoms with Crippen LogP contribution < -0.4 is 10.4 Å². The lowest BCUT2D eigenvalue weighted by atomic mass is 10.2. The Morgan fingerprint density at radius 1 is 1.08 bits per heavy atom. The van der Waals surface area contributed by atoms with Gasteiger partial charge in [0.1, 0.15) is 5.75 Å². The second-order valence-electron chi connectivity index (χ2n) is 6.02. The van der Waals surface area contributed by atoms with Crippen molar-refractivity contribution in [1.29, 1.82) is 0 Å². The summed E-state index contributed by atoms with van der Waals surface area (Å²) < 4.78 is 12.1. The molecular formula is C20H22N2O4. The van der Waals surface area contributed by atoms with Crippen LogP contribution in [0, 0.1) is 0 Å². The van der Waals surface area contributed by atoms with Gasteiger partial charge in [0.2, 0.25) is 0 Å². The van der Waals surface area contributed by atoms with Gasteiger partial charge in [-0.1, -0.05) is 18.2 Å². The van der Waals surface area contributed by atoms with Crippen molar-refractivity contribution in [2.75, 3.05) is 13.7 Å². The van der Waals surface area contributed by atoms with E-state index in [1.165, 1.54) is 7.11 Å². The SMILES string of the molecule is COC(=O)CCCCCOc1ccc2[nH]c(=O)n(-c3ccccc3)c2c1. The van der Waals surface area contributed by atoms with Crippen molar-refractivity contribution < 1.29 is 14.3 Å². The molecule has 0 aliphatic carbocycles. The summed E-state index contributed by atoms with van der Waals surface area (Å²) in [7, 11) is 1.40. The minimum Gasteiger partial charge on any atom is -0.494 e. The first-order chi connectivity index (χ1) is 12.7. The van der Waals surface area contributed by atoms with E-state index in [4.69, 9.17) is 4.74 Å². The van der Waals surface area contributed by atoms with E-state index < -0.39 is 0 Å². The van der Waals surface area contributed by atoms with Crippen molar-refractivity contribution in [3.05, 3.63) is 59.0 Å². The second kappa shape index (κ2) is 8.38. The summed E-state index contributed by atoms with van der Waals surface area (Å²) in [5.41, 5.74) is 2.18. The van der Waals surface area contributed by atoms with Crippen LogP contribution in [0.4, 0.5) is 0 Å². The first-order valence-electron chi connectivity index (χ1n) is 8.69. The number of aromatic nitrogens is 2. The predicted molar refractivity (Wildman–Crippen MR) is 99.9 cm³/mol. The van der Waals surface area contributed by atoms with Crippen LogP contribution in [0.1, 0.15) is 25.7 Å². The van der Waals surface area contributed by atoms with Crippen molar-refractivity contribution in [2.24, 2.45) is 0 Å². The van der Waals surface area contributed by atoms with E-state index in [0.29, 0.717) is 18.8 Å². The molecule has 2 aromatic carbocycles. The van der Waals surface area contributed by atoms with E-state index in [1.54, 1.807) is 4.57 Å². The molecule has 26 heavy (non-hydrogen) atoms. The van der Waals surface area contributed by atoms with Crippen molar-refractivity contribution >= 4 is 17.0 Å². The number of nitrogens with one attached hydrogen (secondary N) is 1. The molecule has 0 amide bonds. The average molecular weight is 354 g/mol. The molecule has 1 heterocycles. The predicted octanol–water partition coefficient (Wildman–Crippen LogP) is 3.43. The molecule has 0 saturated carbocycles. The molecule has 0 atom stereocenters. The van der Waals surface area contributed by atoms with Gasteiger partial charge in [-0.2, -0.15) is 0 Å². The van der Waals surface area contributed by atoms with Gasteiger partial charge in [-0.3, -0.25) is 9.36 Å². The molecule has 1 N–H and O–H groups in total. The number of ether oxygens (including phenoxy) is 2. The maximum atomic E-state index is 12.3. The Bertz CT molecular complexity index is 928. The van der Waals surface area contributed by atoms with Gasteiger partial charge in [-0.15, -0.1) is 0 Å². The topological polar surface area (TPSA) is 73.3 Å². The zero-order chi connectivity index (χ0) is 18.4. The zero-order valence-corrected chi connectivity index (χ0v) is 14.7. The summed E-state index contributed by atoms with van der Waals surface area (Å²) in [5, 5.41) is 0. The second-order valence-corrected chi connectivity index (χ2v) is 6.02. The quantitative estimate of drug-likeness (QED) is 0.497. The highest BCUT2D eigenvalue weighted by Gasteiger charge is 2.09. The van der Waals surface area contributed by atoms with E-state index in [2.05, 4.69) is 9.72 Å². The number of benzene rings is 2. The van der Waals surface area contributed by atoms with Crippen LogP contribution in [0.25, 0.3) is 16.7 Å². The molecule has 0 spiro atoms. The molecule has 0 fully saturated rings. The lowest BCUT2D eigenvalue weighted by Gasteiger charge is -2.08. The Morgan fingerprint density at radius 3 is 2.65 bits per heavy atom. The normalized spacial score (nSPS) is 10.8. The molecule has 0 saturated heterocycles. The Morgan fingerprint density at radius 2 is 1.88 bits per heavy atom. The fourth-order valence-corrected chi connectivity index (χ4v) is 2.85. The number of nitrogens with zero attached hydrogens (tertiary/aromatic N) is 1. The number of para-hydroxylation sites is 1. The number of unbranched alkanes of at least 4 members (excludes halogenated alkanes) is 2. The number of H-pyrrole nitrogens is 1. The summed E-state index contributed by atoms with van der Waals surface area (Å²) in [5.74, 6) is 0.539. The molecule has 0 aliphatic rings. The Hall–Kier alpha value is -3.02. The lowest BCUT2D eigenvalue weighted by molar-refractivity contribution is -0.140. The fraction of sp³-hybridized carbons (Fsp3) is 0.300. The third kappa shape index (κ3) is 4.14. The molecule has 136 valence electrons. The third-order valence-electron chi connectivity index (χ3n) is 4.19. The molecule has 6 heteroatoms. The maximum absolute atomic E-state index is 12.3. The number of fused-ring (bicyclic) bond motifs is 1. The summed E-state index contributed by atoms with van der Waals surface area (Å²) >= 11 is 0. The molecule has 3 aromatic rings. The number of rotatable bonds is 8. The summed E-state index contributed by atoms with van der Waals surface area (Å²) in [6.45, 7) is 0.562. The van der Waals surface area contributed by atoms with Gasteiger partial charge in [0, 0.05) is 12.5 Å². The minimum atomic E-state index is -0.178. The number of hydrogen-bond acceptors (Lipinski definition) is 4. The standard InChI is InChI=1S/C20H22N2O4/c1-25-19(23)10-6-3-7-13-26-16-11-12-17-18(14-16)22(20(24)21-17)15-8-4-2-5-9-15/h2,4-5,8-9,11-12,14H,3,6-7,10,13H2,1H3,(H,21,24). The van der Waals surface area contributed by atoms with Crippen LogP contribution in [0.5, 0.6) is 5.75 Å². The summed E-state index contributed by atoms with van der Waals surface area (Å²) in [4.78, 5) is 26.2. The van der Waals surface area contributed by atoms with Crippen LogP contribution in [0.3, 0.4) is 0 Å². The Labute approximate surface area is 151 Å². The molecule has 6 nitrogen and oxygen atoms in total. The van der Waals surface area contributed by atoms with E-state index in [0.717, 1.165) is 36.0 Å². The molecule has 0 aliphatic heterocycles. The number of carbonyl (C=O) groups excluding carboxylic acids is 1. The number of methoxy groups -OCH3 is 1. The third-order valence-corrected chi connectivity index (χ3v) is 4.19. The van der Waals surface area contributed by atoms with Gasteiger partial charge >= 0.3 is 11.7 Å². The van der Waals surface area contributed by atoms with Crippen LogP contribution in [-0.2, 0) is 9.53 Å². The Kier molecular flexibility index (Phi) is 5.73. The summed E-state index contributed by atoms with van der Waals surface area (Å²) in [6.07, 6.45) is 2.99. The molecule has 0 radical (unpaired) electrons. The highest BCUT2D eigenvalue weighted by atomic mass is 16.5. The van der Waals surface area contributed by atoms with E-state index in [-0.39, 0.29) is 11.7 Å². The number of aromatic amines is 1. The molecule has 0 bridgehead atoms. The number of esters is 1. The van der Waals surface area contributed by atoms with E-state index in [1.807, 2.05) is 48.5 Å². The highest BCUT2D eigenvalue weighted by molar-refractivity contribution is 5.79. The first-order valence-corrected chi connectivity index (χ1v) is 8.69. The number of carbonyl (C=O) groups is 1. The van der Waals surface area contributed by atoms with Crippen LogP contribution >= 0.6 is 0 Å². The molecular weight excluding hydrogens is 332 g/mol. The van der Waals surface area contributed by atoms with Gasteiger partial charge in [0.15, 0.2) is 0 Å². The number of imidazole rings is 1. The maximum Gasteiger partial charge on any atom is 0.331 e. The van der Waals surface area contributed by atoms with Crippen LogP contribution in [0.15, 0.2) is 53.3 Å². The van der Waals surface area contributed by atoms with Crippen molar-refractivity contribution in [2.45, 2.75) is 25.7 Å². The monoisotopic (exact) mass is 354 g/mol.